The summed E-state index contributed by atoms with van der Waals surface area (Å²) in [5.74, 6) is 1.32. The maximum absolute atomic E-state index is 5.26. The zero-order valence-electron chi connectivity index (χ0n) is 8.20. The van der Waals surface area contributed by atoms with Crippen molar-refractivity contribution in [1.29, 1.82) is 0 Å². The maximum atomic E-state index is 5.26. The molecule has 74 valence electrons. The van der Waals surface area contributed by atoms with Gasteiger partial charge in [0.05, 0.1) is 25.3 Å². The number of hydrogen-bond acceptors (Lipinski definition) is 5. The average Bonchev–Trinajstić information content (AvgIpc) is 2.59. The van der Waals surface area contributed by atoms with E-state index >= 15 is 0 Å². The molecule has 0 amide bonds. The summed E-state index contributed by atoms with van der Waals surface area (Å²) in [6.07, 6.45) is 0. The highest BCUT2D eigenvalue weighted by Crippen LogP contribution is 2.32. The zero-order chi connectivity index (χ0) is 10.1. The molecule has 0 saturated carbocycles. The van der Waals surface area contributed by atoms with Gasteiger partial charge in [-0.2, -0.15) is 4.37 Å². The second-order valence-electron chi connectivity index (χ2n) is 2.82. The number of ether oxygens (including phenoxy) is 2. The highest BCUT2D eigenvalue weighted by atomic mass is 32.1. The van der Waals surface area contributed by atoms with Gasteiger partial charge in [-0.1, -0.05) is 0 Å². The third kappa shape index (κ3) is 1.29. The van der Waals surface area contributed by atoms with Crippen LogP contribution in [0.5, 0.6) is 11.6 Å². The van der Waals surface area contributed by atoms with Crippen molar-refractivity contribution < 1.29 is 9.47 Å². The molecule has 0 aliphatic heterocycles. The molecule has 2 aromatic rings. The number of rotatable bonds is 2. The average molecular weight is 210 g/mol. The van der Waals surface area contributed by atoms with Crippen LogP contribution in [-0.2, 0) is 0 Å². The van der Waals surface area contributed by atoms with Gasteiger partial charge >= 0.3 is 0 Å². The zero-order valence-corrected chi connectivity index (χ0v) is 9.01. The molecule has 0 saturated heterocycles. The minimum atomic E-state index is 0.554. The molecule has 2 heterocycles. The van der Waals surface area contributed by atoms with Crippen LogP contribution in [0, 0.1) is 6.92 Å². The number of pyridine rings is 1. The smallest absolute Gasteiger partial charge is 0.218 e. The Kier molecular flexibility index (Phi) is 2.25. The lowest BCUT2D eigenvalue weighted by Gasteiger charge is -2.04. The molecule has 0 N–H and O–H groups in total. The van der Waals surface area contributed by atoms with Crippen molar-refractivity contribution in [1.82, 2.24) is 9.36 Å². The van der Waals surface area contributed by atoms with Crippen LogP contribution in [-0.4, -0.2) is 23.6 Å². The first-order chi connectivity index (χ1) is 6.76. The third-order valence-electron chi connectivity index (χ3n) is 1.99. The van der Waals surface area contributed by atoms with Crippen molar-refractivity contribution >= 4 is 21.7 Å². The molecule has 0 spiro atoms. The lowest BCUT2D eigenvalue weighted by atomic mass is 10.2. The summed E-state index contributed by atoms with van der Waals surface area (Å²) in [7, 11) is 3.22. The highest BCUT2D eigenvalue weighted by molar-refractivity contribution is 7.13. The van der Waals surface area contributed by atoms with Gasteiger partial charge in [-0.25, -0.2) is 4.98 Å². The van der Waals surface area contributed by atoms with Gasteiger partial charge in [-0.15, -0.1) is 0 Å². The largest absolute Gasteiger partial charge is 0.496 e. The third-order valence-corrected chi connectivity index (χ3v) is 2.82. The number of aryl methyl sites for hydroxylation is 1. The Hall–Kier alpha value is -1.36. The van der Waals surface area contributed by atoms with Crippen LogP contribution in [0.25, 0.3) is 10.2 Å². The van der Waals surface area contributed by atoms with Crippen molar-refractivity contribution in [3.63, 3.8) is 0 Å². The monoisotopic (exact) mass is 210 g/mol. The molecule has 14 heavy (non-hydrogen) atoms. The van der Waals surface area contributed by atoms with E-state index in [2.05, 4.69) is 9.36 Å². The fourth-order valence-electron chi connectivity index (χ4n) is 1.30. The highest BCUT2D eigenvalue weighted by Gasteiger charge is 2.11. The van der Waals surface area contributed by atoms with E-state index in [4.69, 9.17) is 9.47 Å². The van der Waals surface area contributed by atoms with Gasteiger partial charge in [0.2, 0.25) is 5.88 Å². The topological polar surface area (TPSA) is 44.2 Å². The van der Waals surface area contributed by atoms with Crippen molar-refractivity contribution in [3.8, 4) is 11.6 Å². The fourth-order valence-corrected chi connectivity index (χ4v) is 2.09. The van der Waals surface area contributed by atoms with E-state index in [1.54, 1.807) is 20.3 Å². The van der Waals surface area contributed by atoms with Crippen LogP contribution in [0.3, 0.4) is 0 Å². The molecule has 5 heteroatoms. The number of fused-ring (bicyclic) bond motifs is 1. The molecule has 0 radical (unpaired) electrons. The van der Waals surface area contributed by atoms with E-state index in [1.807, 2.05) is 6.92 Å². The van der Waals surface area contributed by atoms with E-state index in [0.29, 0.717) is 5.88 Å². The fraction of sp³-hybridized carbons (Fsp3) is 0.333. The molecule has 0 fully saturated rings. The molecule has 2 rings (SSSR count). The first-order valence-corrected chi connectivity index (χ1v) is 4.88. The molecule has 0 aliphatic rings. The van der Waals surface area contributed by atoms with E-state index in [-0.39, 0.29) is 0 Å². The van der Waals surface area contributed by atoms with Gasteiger partial charge in [0, 0.05) is 6.07 Å². The first-order valence-electron chi connectivity index (χ1n) is 4.11. The molecule has 0 aliphatic carbocycles. The Bertz CT molecular complexity index is 467. The summed E-state index contributed by atoms with van der Waals surface area (Å²) in [4.78, 5) is 5.12. The number of hydrogen-bond donors (Lipinski definition) is 0. The summed E-state index contributed by atoms with van der Waals surface area (Å²) in [5.41, 5.74) is 0.942. The minimum absolute atomic E-state index is 0.554. The molecule has 4 nitrogen and oxygen atoms in total. The SMILES string of the molecule is COc1cc(OC)c2c(C)nsc2n1. The van der Waals surface area contributed by atoms with Crippen molar-refractivity contribution in [2.75, 3.05) is 14.2 Å². The predicted octanol–water partition coefficient (Wildman–Crippen LogP) is 2.02. The number of methoxy groups -OCH3 is 2. The molecular formula is C9H10N2O2S. The Morgan fingerprint density at radius 3 is 2.71 bits per heavy atom. The summed E-state index contributed by atoms with van der Waals surface area (Å²) in [6, 6.07) is 1.77. The van der Waals surface area contributed by atoms with Crippen LogP contribution in [0.1, 0.15) is 5.69 Å². The van der Waals surface area contributed by atoms with E-state index in [9.17, 15) is 0 Å². The van der Waals surface area contributed by atoms with Crippen LogP contribution in [0.15, 0.2) is 6.07 Å². The summed E-state index contributed by atoms with van der Waals surface area (Å²) < 4.78 is 14.5. The van der Waals surface area contributed by atoms with E-state index in [1.165, 1.54) is 11.5 Å². The first kappa shape index (κ1) is 9.21. The Morgan fingerprint density at radius 1 is 1.29 bits per heavy atom. The molecule has 0 unspecified atom stereocenters. The molecular weight excluding hydrogens is 200 g/mol. The lowest BCUT2D eigenvalue weighted by Crippen LogP contribution is -1.91. The minimum Gasteiger partial charge on any atom is -0.496 e. The van der Waals surface area contributed by atoms with Crippen LogP contribution in [0.4, 0.5) is 0 Å². The van der Waals surface area contributed by atoms with Gasteiger partial charge < -0.3 is 9.47 Å². The Morgan fingerprint density at radius 2 is 2.07 bits per heavy atom. The van der Waals surface area contributed by atoms with Gasteiger partial charge in [0.15, 0.2) is 4.83 Å². The Balaban J connectivity index is 2.76. The van der Waals surface area contributed by atoms with Gasteiger partial charge in [0.25, 0.3) is 0 Å². The molecule has 0 aromatic carbocycles. The second-order valence-corrected chi connectivity index (χ2v) is 3.57. The predicted molar refractivity (Wildman–Crippen MR) is 55.3 cm³/mol. The second kappa shape index (κ2) is 3.42. The normalized spacial score (nSPS) is 10.5. The Labute approximate surface area is 85.7 Å². The summed E-state index contributed by atoms with van der Waals surface area (Å²) in [6.45, 7) is 1.94. The number of aromatic nitrogens is 2. The van der Waals surface area contributed by atoms with E-state index in [0.717, 1.165) is 21.7 Å². The van der Waals surface area contributed by atoms with Gasteiger partial charge in [-0.05, 0) is 18.5 Å². The van der Waals surface area contributed by atoms with Crippen molar-refractivity contribution in [3.05, 3.63) is 11.8 Å². The van der Waals surface area contributed by atoms with Crippen LogP contribution in [0.2, 0.25) is 0 Å². The van der Waals surface area contributed by atoms with Gasteiger partial charge in [0.1, 0.15) is 5.75 Å². The van der Waals surface area contributed by atoms with E-state index < -0.39 is 0 Å². The van der Waals surface area contributed by atoms with Crippen molar-refractivity contribution in [2.24, 2.45) is 0 Å². The van der Waals surface area contributed by atoms with Crippen molar-refractivity contribution in [2.45, 2.75) is 6.92 Å². The standard InChI is InChI=1S/C9H10N2O2S/c1-5-8-6(12-2)4-7(13-3)10-9(8)14-11-5/h4H,1-3H3. The van der Waals surface area contributed by atoms with Crippen LogP contribution < -0.4 is 9.47 Å². The number of nitrogens with zero attached hydrogens (tertiary/aromatic N) is 2. The van der Waals surface area contributed by atoms with Crippen LogP contribution >= 0.6 is 11.5 Å². The molecule has 2 aromatic heterocycles. The molecule has 0 atom stereocenters. The maximum Gasteiger partial charge on any atom is 0.218 e. The molecule has 0 bridgehead atoms. The van der Waals surface area contributed by atoms with Gasteiger partial charge in [-0.3, -0.25) is 0 Å². The quantitative estimate of drug-likeness (QED) is 0.760. The summed E-state index contributed by atoms with van der Waals surface area (Å²) >= 11 is 1.35. The summed E-state index contributed by atoms with van der Waals surface area (Å²) in [5, 5.41) is 0.971. The lowest BCUT2D eigenvalue weighted by molar-refractivity contribution is 0.386.